The van der Waals surface area contributed by atoms with Crippen molar-refractivity contribution < 1.29 is 68.1 Å². The minimum absolute atomic E-state index is 0. The fraction of sp³-hybridized carbons (Fsp3) is 0. The number of hydrogen-bond donors (Lipinski definition) is 0. The van der Waals surface area contributed by atoms with Crippen LogP contribution in [0.4, 0.5) is 0 Å². The molecule has 0 aliphatic rings. The molecule has 0 aliphatic carbocycles. The van der Waals surface area contributed by atoms with E-state index in [0.29, 0.717) is 0 Å². The Hall–Kier alpha value is 1.15. The van der Waals surface area contributed by atoms with Gasteiger partial charge in [-0.2, -0.15) is 0 Å². The molecule has 0 bridgehead atoms. The van der Waals surface area contributed by atoms with Crippen molar-refractivity contribution >= 4 is 0 Å². The molecule has 0 fully saturated rings. The summed E-state index contributed by atoms with van der Waals surface area (Å²) in [6.07, 6.45) is 0. The van der Waals surface area contributed by atoms with Crippen LogP contribution in [0, 0.1) is 27.8 Å². The Morgan fingerprint density at radius 1 is 0.857 bits per heavy atom. The van der Waals surface area contributed by atoms with Crippen molar-refractivity contribution in [3.63, 3.8) is 0 Å². The van der Waals surface area contributed by atoms with Gasteiger partial charge in [0.15, 0.2) is 0 Å². The first kappa shape index (κ1) is 42.0. The van der Waals surface area contributed by atoms with Gasteiger partial charge in [0.2, 0.25) is 0 Å². The molecule has 0 saturated carbocycles. The fourth-order valence-electron chi connectivity index (χ4n) is 0. The zero-order valence-electron chi connectivity index (χ0n) is 3.07. The van der Waals surface area contributed by atoms with Gasteiger partial charge in [-0.1, -0.05) is 0 Å². The molecule has 0 spiro atoms. The maximum atomic E-state index is 8.58. The van der Waals surface area contributed by atoms with E-state index < -0.39 is 27.8 Å². The van der Waals surface area contributed by atoms with Gasteiger partial charge in [-0.15, -0.1) is 0 Å². The van der Waals surface area contributed by atoms with E-state index in [9.17, 15) is 0 Å². The molecule has 0 heterocycles. The van der Waals surface area contributed by atoms with Crippen LogP contribution in [0.15, 0.2) is 0 Å². The molecule has 0 radical (unpaired) electrons. The summed E-state index contributed by atoms with van der Waals surface area (Å²) in [6, 6.07) is 0. The van der Waals surface area contributed by atoms with Gasteiger partial charge in [0, 0.05) is 0 Å². The monoisotopic (exact) mass is 376 g/mol. The third kappa shape index (κ3) is 143. The molecule has 7 heavy (non-hydrogen) atoms. The summed E-state index contributed by atoms with van der Waals surface area (Å²) in [5.41, 5.74) is 0. The Bertz CT molecular complexity index is 30.7. The Morgan fingerprint density at radius 3 is 0.857 bits per heavy atom. The Labute approximate surface area is 67.7 Å². The van der Waals surface area contributed by atoms with Gasteiger partial charge < -0.3 is 35.8 Å². The molecule has 0 rings (SSSR count). The van der Waals surface area contributed by atoms with E-state index in [0.717, 1.165) is 0 Å². The summed E-state index contributed by atoms with van der Waals surface area (Å²) >= 11 is -2.51. The van der Waals surface area contributed by atoms with Crippen LogP contribution in [-0.2, 0) is 4.47 Å². The van der Waals surface area contributed by atoms with Crippen LogP contribution < -0.4 is 24.8 Å². The molecule has 4 N–H and O–H groups in total. The predicted octanol–water partition coefficient (Wildman–Crippen LogP) is -7.88. The Balaban J connectivity index is -0.00000000333. The van der Waals surface area contributed by atoms with E-state index >= 15 is 0 Å². The molecule has 0 aromatic rings. The van der Waals surface area contributed by atoms with Gasteiger partial charge in [-0.25, -0.2) is 0 Å². The van der Waals surface area contributed by atoms with Gasteiger partial charge >= 0.3 is 32.3 Å². The van der Waals surface area contributed by atoms with Crippen molar-refractivity contribution in [3.8, 4) is 0 Å². The molecular formula is H4Cl2O4U. The second-order valence-corrected chi connectivity index (χ2v) is 0.777. The first-order valence-electron chi connectivity index (χ1n) is 0.408. The predicted molar refractivity (Wildman–Crippen MR) is 8.60 cm³/mol. The zero-order chi connectivity index (χ0) is 2.71. The number of hydrogen-bond acceptors (Lipinski definition) is 2. The topological polar surface area (TPSA) is 97.1 Å². The second-order valence-electron chi connectivity index (χ2n) is 0.0833. The van der Waals surface area contributed by atoms with E-state index in [1.165, 1.54) is 0 Å². The first-order chi connectivity index (χ1) is 1.41. The van der Waals surface area contributed by atoms with Gasteiger partial charge in [0.25, 0.3) is 0 Å². The van der Waals surface area contributed by atoms with Crippen molar-refractivity contribution in [1.82, 2.24) is 0 Å². The van der Waals surface area contributed by atoms with E-state index in [4.69, 9.17) is 4.47 Å². The van der Waals surface area contributed by atoms with Crippen molar-refractivity contribution in [1.29, 1.82) is 0 Å². The standard InChI is InChI=1S/2ClH.2H2O.2O.U/h2*1H;2*1H2;;;/q;;;;;;+2/p-2. The summed E-state index contributed by atoms with van der Waals surface area (Å²) in [5, 5.41) is 0. The maximum absolute atomic E-state index is 8.58. The molecule has 46 valence electrons. The molecule has 0 aromatic heterocycles. The summed E-state index contributed by atoms with van der Waals surface area (Å²) < 4.78 is 17.2. The van der Waals surface area contributed by atoms with Crippen molar-refractivity contribution in [2.45, 2.75) is 0 Å². The van der Waals surface area contributed by atoms with Crippen LogP contribution in [0.5, 0.6) is 0 Å². The zero-order valence-corrected chi connectivity index (χ0v) is 8.75. The quantitative estimate of drug-likeness (QED) is 0.419. The molecule has 0 aromatic carbocycles. The van der Waals surface area contributed by atoms with Crippen molar-refractivity contribution in [2.24, 2.45) is 0 Å². The summed E-state index contributed by atoms with van der Waals surface area (Å²) in [7, 11) is 0. The molecular weight excluding hydrogens is 373 g/mol. The average molecular weight is 377 g/mol. The van der Waals surface area contributed by atoms with Crippen LogP contribution in [0.2, 0.25) is 0 Å². The third-order valence-electron chi connectivity index (χ3n) is 0. The SMILES string of the molecule is O.O.[Cl-].[Cl-].[O]=[U+2]=[O]. The molecule has 0 aliphatic heterocycles. The van der Waals surface area contributed by atoms with Crippen molar-refractivity contribution in [3.05, 3.63) is 0 Å². The van der Waals surface area contributed by atoms with E-state index in [-0.39, 0.29) is 35.8 Å². The van der Waals surface area contributed by atoms with Crippen LogP contribution in [0.3, 0.4) is 0 Å². The third-order valence-corrected chi connectivity index (χ3v) is 0. The first-order valence-corrected chi connectivity index (χ1v) is 3.81. The van der Waals surface area contributed by atoms with E-state index in [1.54, 1.807) is 0 Å². The molecule has 0 amide bonds. The van der Waals surface area contributed by atoms with Crippen LogP contribution in [0.25, 0.3) is 0 Å². The van der Waals surface area contributed by atoms with Gasteiger partial charge in [-0.05, 0) is 0 Å². The van der Waals surface area contributed by atoms with E-state index in [1.807, 2.05) is 0 Å². The number of halogens is 2. The summed E-state index contributed by atoms with van der Waals surface area (Å²) in [6.45, 7) is 0. The van der Waals surface area contributed by atoms with Gasteiger partial charge in [0.1, 0.15) is 0 Å². The Kier molecular flexibility index (Phi) is 350. The molecule has 0 unspecified atom stereocenters. The minimum atomic E-state index is -2.51. The normalized spacial score (nSPS) is 1.14. The molecule has 0 atom stereocenters. The average Bonchev–Trinajstić information content (AvgIpc) is 0.918. The van der Waals surface area contributed by atoms with Crippen LogP contribution >= 0.6 is 0 Å². The van der Waals surface area contributed by atoms with Gasteiger partial charge in [0.05, 0.1) is 0 Å². The van der Waals surface area contributed by atoms with Crippen LogP contribution in [-0.4, -0.2) is 11.0 Å². The van der Waals surface area contributed by atoms with E-state index in [2.05, 4.69) is 0 Å². The van der Waals surface area contributed by atoms with Gasteiger partial charge in [-0.3, -0.25) is 0 Å². The van der Waals surface area contributed by atoms with Crippen molar-refractivity contribution in [2.75, 3.05) is 0 Å². The molecule has 7 heteroatoms. The number of rotatable bonds is 0. The Morgan fingerprint density at radius 2 is 0.857 bits per heavy atom. The second kappa shape index (κ2) is 58.5. The molecule has 4 nitrogen and oxygen atoms in total. The fourth-order valence-corrected chi connectivity index (χ4v) is 0. The summed E-state index contributed by atoms with van der Waals surface area (Å²) in [4.78, 5) is 0. The molecule has 0 saturated heterocycles. The summed E-state index contributed by atoms with van der Waals surface area (Å²) in [5.74, 6) is 0. The van der Waals surface area contributed by atoms with Crippen LogP contribution in [0.1, 0.15) is 0 Å².